The minimum atomic E-state index is -0.447. The summed E-state index contributed by atoms with van der Waals surface area (Å²) in [7, 11) is 0. The number of ether oxygens (including phenoxy) is 1. The summed E-state index contributed by atoms with van der Waals surface area (Å²) >= 11 is 4.70. The number of nitrogens with zero attached hydrogens (tertiary/aromatic N) is 2. The maximum Gasteiger partial charge on any atom is 0.264 e. The van der Waals surface area contributed by atoms with Gasteiger partial charge in [-0.3, -0.25) is 0 Å². The zero-order valence-corrected chi connectivity index (χ0v) is 12.4. The molecule has 20 heavy (non-hydrogen) atoms. The molecule has 0 saturated heterocycles. The first-order valence-electron chi connectivity index (χ1n) is 5.67. The average Bonchev–Trinajstić information content (AvgIpc) is 3.08. The van der Waals surface area contributed by atoms with Gasteiger partial charge in [0.15, 0.2) is 18.2 Å². The van der Waals surface area contributed by atoms with E-state index >= 15 is 0 Å². The number of benzene rings is 1. The second kappa shape index (κ2) is 5.72. The second-order valence-corrected chi connectivity index (χ2v) is 5.72. The summed E-state index contributed by atoms with van der Waals surface area (Å²) in [5.41, 5.74) is 0. The van der Waals surface area contributed by atoms with Crippen molar-refractivity contribution in [1.29, 1.82) is 0 Å². The highest BCUT2D eigenvalue weighted by molar-refractivity contribution is 9.10. The van der Waals surface area contributed by atoms with E-state index < -0.39 is 5.82 Å². The molecule has 102 valence electrons. The van der Waals surface area contributed by atoms with Gasteiger partial charge in [-0.15, -0.1) is 11.3 Å². The molecular weight excluding hydrogens is 347 g/mol. The smallest absolute Gasteiger partial charge is 0.264 e. The molecule has 2 heterocycles. The van der Waals surface area contributed by atoms with Crippen LogP contribution in [-0.4, -0.2) is 10.1 Å². The third-order valence-corrected chi connectivity index (χ3v) is 3.81. The molecule has 0 aliphatic rings. The van der Waals surface area contributed by atoms with Crippen molar-refractivity contribution in [3.63, 3.8) is 0 Å². The van der Waals surface area contributed by atoms with E-state index in [0.29, 0.717) is 16.2 Å². The van der Waals surface area contributed by atoms with Gasteiger partial charge in [0.25, 0.3) is 5.89 Å². The van der Waals surface area contributed by atoms with Gasteiger partial charge < -0.3 is 9.26 Å². The van der Waals surface area contributed by atoms with Gasteiger partial charge >= 0.3 is 0 Å². The van der Waals surface area contributed by atoms with Crippen LogP contribution < -0.4 is 4.74 Å². The number of aromatic nitrogens is 2. The van der Waals surface area contributed by atoms with Gasteiger partial charge in [0.2, 0.25) is 5.82 Å². The Kier molecular flexibility index (Phi) is 3.79. The Morgan fingerprint density at radius 2 is 2.25 bits per heavy atom. The van der Waals surface area contributed by atoms with E-state index in [0.717, 1.165) is 4.88 Å². The first-order chi connectivity index (χ1) is 9.72. The van der Waals surface area contributed by atoms with Crippen LogP contribution in [0.2, 0.25) is 0 Å². The highest BCUT2D eigenvalue weighted by atomic mass is 79.9. The summed E-state index contributed by atoms with van der Waals surface area (Å²) in [5.74, 6) is 0.507. The van der Waals surface area contributed by atoms with E-state index in [-0.39, 0.29) is 12.4 Å². The van der Waals surface area contributed by atoms with Crippen LogP contribution in [0.5, 0.6) is 5.75 Å². The van der Waals surface area contributed by atoms with Gasteiger partial charge in [0.05, 0.1) is 4.88 Å². The number of hydrogen-bond donors (Lipinski definition) is 0. The van der Waals surface area contributed by atoms with E-state index in [1.165, 1.54) is 23.5 Å². The summed E-state index contributed by atoms with van der Waals surface area (Å²) in [6.07, 6.45) is 0. The topological polar surface area (TPSA) is 48.2 Å². The molecule has 4 nitrogen and oxygen atoms in total. The van der Waals surface area contributed by atoms with Gasteiger partial charge in [-0.05, 0) is 29.6 Å². The SMILES string of the molecule is Fc1cc(Br)ccc1OCc1nc(-c2cccs2)no1. The van der Waals surface area contributed by atoms with Crippen molar-refractivity contribution in [2.75, 3.05) is 0 Å². The average molecular weight is 355 g/mol. The Hall–Kier alpha value is -1.73. The Morgan fingerprint density at radius 3 is 3.00 bits per heavy atom. The van der Waals surface area contributed by atoms with Crippen molar-refractivity contribution in [1.82, 2.24) is 10.1 Å². The van der Waals surface area contributed by atoms with Gasteiger partial charge in [-0.1, -0.05) is 27.2 Å². The van der Waals surface area contributed by atoms with Crippen molar-refractivity contribution >= 4 is 27.3 Å². The molecule has 0 saturated carbocycles. The van der Waals surface area contributed by atoms with Crippen LogP contribution in [0.1, 0.15) is 5.89 Å². The summed E-state index contributed by atoms with van der Waals surface area (Å²) in [6.45, 7) is 0.0247. The maximum absolute atomic E-state index is 13.6. The predicted octanol–water partition coefficient (Wildman–Crippen LogP) is 4.28. The third kappa shape index (κ3) is 2.88. The molecule has 0 aliphatic carbocycles. The summed E-state index contributed by atoms with van der Waals surface area (Å²) in [4.78, 5) is 5.10. The summed E-state index contributed by atoms with van der Waals surface area (Å²) < 4.78 is 24.6. The second-order valence-electron chi connectivity index (χ2n) is 3.85. The van der Waals surface area contributed by atoms with Gasteiger partial charge in [-0.25, -0.2) is 4.39 Å². The molecule has 0 fully saturated rings. The number of halogens is 2. The fourth-order valence-corrected chi connectivity index (χ4v) is 2.53. The van der Waals surface area contributed by atoms with E-state index in [1.54, 1.807) is 6.07 Å². The molecule has 0 aliphatic heterocycles. The van der Waals surface area contributed by atoms with E-state index in [1.807, 2.05) is 17.5 Å². The zero-order valence-electron chi connectivity index (χ0n) is 10.0. The molecule has 0 amide bonds. The molecule has 0 radical (unpaired) electrons. The third-order valence-electron chi connectivity index (χ3n) is 2.45. The number of rotatable bonds is 4. The predicted molar refractivity (Wildman–Crippen MR) is 76.0 cm³/mol. The van der Waals surface area contributed by atoms with E-state index in [4.69, 9.17) is 9.26 Å². The molecule has 0 unspecified atom stereocenters. The standard InChI is InChI=1S/C13H8BrFN2O2S/c14-8-3-4-10(9(15)6-8)18-7-12-16-13(17-19-12)11-2-1-5-20-11/h1-6H,7H2. The van der Waals surface area contributed by atoms with E-state index in [9.17, 15) is 4.39 Å². The fraction of sp³-hybridized carbons (Fsp3) is 0.0769. The van der Waals surface area contributed by atoms with Crippen LogP contribution in [0.15, 0.2) is 44.7 Å². The quantitative estimate of drug-likeness (QED) is 0.701. The van der Waals surface area contributed by atoms with E-state index in [2.05, 4.69) is 26.1 Å². The minimum absolute atomic E-state index is 0.0247. The first kappa shape index (κ1) is 13.3. The minimum Gasteiger partial charge on any atom is -0.481 e. The van der Waals surface area contributed by atoms with Crippen LogP contribution in [0, 0.1) is 5.82 Å². The van der Waals surface area contributed by atoms with Crippen molar-refractivity contribution < 1.29 is 13.7 Å². The van der Waals surface area contributed by atoms with Crippen LogP contribution in [0.3, 0.4) is 0 Å². The highest BCUT2D eigenvalue weighted by Gasteiger charge is 2.11. The van der Waals surface area contributed by atoms with Crippen LogP contribution in [0.4, 0.5) is 4.39 Å². The Bertz CT molecular complexity index is 715. The van der Waals surface area contributed by atoms with Crippen molar-refractivity contribution in [2.24, 2.45) is 0 Å². The van der Waals surface area contributed by atoms with Gasteiger partial charge in [-0.2, -0.15) is 4.98 Å². The number of thiophene rings is 1. The molecular formula is C13H8BrFN2O2S. The molecule has 7 heteroatoms. The molecule has 3 aromatic rings. The highest BCUT2D eigenvalue weighted by Crippen LogP contribution is 2.24. The Labute approximate surface area is 126 Å². The fourth-order valence-electron chi connectivity index (χ4n) is 1.55. The maximum atomic E-state index is 13.6. The van der Waals surface area contributed by atoms with Crippen molar-refractivity contribution in [2.45, 2.75) is 6.61 Å². The monoisotopic (exact) mass is 354 g/mol. The lowest BCUT2D eigenvalue weighted by Crippen LogP contribution is -1.97. The lowest BCUT2D eigenvalue weighted by molar-refractivity contribution is 0.234. The van der Waals surface area contributed by atoms with Crippen LogP contribution in [0.25, 0.3) is 10.7 Å². The lowest BCUT2D eigenvalue weighted by atomic mass is 10.3. The zero-order chi connectivity index (χ0) is 13.9. The molecule has 0 atom stereocenters. The summed E-state index contributed by atoms with van der Waals surface area (Å²) in [5, 5.41) is 5.78. The van der Waals surface area contributed by atoms with Crippen LogP contribution in [-0.2, 0) is 6.61 Å². The van der Waals surface area contributed by atoms with Crippen molar-refractivity contribution in [3.8, 4) is 16.5 Å². The van der Waals surface area contributed by atoms with Gasteiger partial charge in [0.1, 0.15) is 0 Å². The van der Waals surface area contributed by atoms with Gasteiger partial charge in [0, 0.05) is 4.47 Å². The normalized spacial score (nSPS) is 10.7. The molecule has 1 aromatic carbocycles. The molecule has 2 aromatic heterocycles. The first-order valence-corrected chi connectivity index (χ1v) is 7.34. The van der Waals surface area contributed by atoms with Crippen LogP contribution >= 0.6 is 27.3 Å². The number of hydrogen-bond acceptors (Lipinski definition) is 5. The molecule has 0 spiro atoms. The molecule has 0 bridgehead atoms. The summed E-state index contributed by atoms with van der Waals surface area (Å²) in [6, 6.07) is 8.37. The Morgan fingerprint density at radius 1 is 1.35 bits per heavy atom. The Balaban J connectivity index is 1.70. The van der Waals surface area contributed by atoms with Crippen molar-refractivity contribution in [3.05, 3.63) is 51.9 Å². The molecule has 3 rings (SSSR count). The lowest BCUT2D eigenvalue weighted by Gasteiger charge is -2.04. The largest absolute Gasteiger partial charge is 0.481 e. The molecule has 0 N–H and O–H groups in total.